The summed E-state index contributed by atoms with van der Waals surface area (Å²) in [6.07, 6.45) is -3.93. The predicted molar refractivity (Wildman–Crippen MR) is 126 cm³/mol. The van der Waals surface area contributed by atoms with Crippen LogP contribution in [0.2, 0.25) is 0 Å². The van der Waals surface area contributed by atoms with Gasteiger partial charge in [-0.05, 0) is 24.3 Å². The first-order chi connectivity index (χ1) is 18.6. The molecule has 196 valence electrons. The molecular formula is C24H13F5N8O2. The third-order valence-corrected chi connectivity index (χ3v) is 6.03. The summed E-state index contributed by atoms with van der Waals surface area (Å²) in [6, 6.07) is 8.39. The molecule has 0 saturated carbocycles. The fraction of sp³-hybridized carbons (Fsp3) is 0.0833. The number of amides is 2. The molecule has 0 unspecified atom stereocenters. The van der Waals surface area contributed by atoms with Crippen molar-refractivity contribution in [1.82, 2.24) is 29.8 Å². The van der Waals surface area contributed by atoms with Crippen molar-refractivity contribution in [3.8, 4) is 11.5 Å². The van der Waals surface area contributed by atoms with Gasteiger partial charge in [-0.15, -0.1) is 4.80 Å². The summed E-state index contributed by atoms with van der Waals surface area (Å²) in [5.41, 5.74) is -1.96. The van der Waals surface area contributed by atoms with Crippen molar-refractivity contribution in [2.24, 2.45) is 0 Å². The lowest BCUT2D eigenvalue weighted by Crippen LogP contribution is -2.18. The van der Waals surface area contributed by atoms with Crippen molar-refractivity contribution < 1.29 is 31.5 Å². The van der Waals surface area contributed by atoms with Gasteiger partial charge in [-0.1, -0.05) is 12.1 Å². The topological polar surface area (TPSA) is 120 Å². The van der Waals surface area contributed by atoms with E-state index in [4.69, 9.17) is 0 Å². The number of hydrogen-bond acceptors (Lipinski definition) is 6. The van der Waals surface area contributed by atoms with E-state index in [1.165, 1.54) is 12.1 Å². The molecule has 39 heavy (non-hydrogen) atoms. The highest BCUT2D eigenvalue weighted by molar-refractivity contribution is 6.25. The molecule has 2 amide bonds. The Hall–Kier alpha value is -5.21. The predicted octanol–water partition coefficient (Wildman–Crippen LogP) is 4.78. The van der Waals surface area contributed by atoms with E-state index >= 15 is 0 Å². The summed E-state index contributed by atoms with van der Waals surface area (Å²) < 4.78 is 70.5. The molecule has 2 N–H and O–H groups in total. The van der Waals surface area contributed by atoms with Crippen LogP contribution in [0.4, 0.5) is 33.3 Å². The molecular weight excluding hydrogens is 527 g/mol. The summed E-state index contributed by atoms with van der Waals surface area (Å²) >= 11 is 0. The lowest BCUT2D eigenvalue weighted by Gasteiger charge is -2.14. The maximum Gasteiger partial charge on any atom is 0.420 e. The van der Waals surface area contributed by atoms with Crippen LogP contribution < -0.4 is 10.6 Å². The third kappa shape index (κ3) is 3.94. The number of nitrogens with one attached hydrogen (secondary N) is 2. The summed E-state index contributed by atoms with van der Waals surface area (Å²) in [5, 5.41) is 17.1. The first kappa shape index (κ1) is 24.1. The van der Waals surface area contributed by atoms with Crippen molar-refractivity contribution in [1.29, 1.82) is 0 Å². The maximum atomic E-state index is 14.3. The van der Waals surface area contributed by atoms with Crippen molar-refractivity contribution in [2.45, 2.75) is 12.6 Å². The van der Waals surface area contributed by atoms with Crippen molar-refractivity contribution >= 4 is 34.0 Å². The largest absolute Gasteiger partial charge is 0.420 e. The number of anilines is 2. The molecule has 0 saturated heterocycles. The Kier molecular flexibility index (Phi) is 5.37. The fourth-order valence-corrected chi connectivity index (χ4v) is 4.41. The molecule has 15 heteroatoms. The molecule has 6 rings (SSSR count). The van der Waals surface area contributed by atoms with Gasteiger partial charge >= 0.3 is 6.18 Å². The normalized spacial score (nSPS) is 12.8. The van der Waals surface area contributed by atoms with Gasteiger partial charge in [0.25, 0.3) is 18.2 Å². The number of nitrogens with zero attached hydrogens (tertiary/aromatic N) is 6. The Bertz CT molecular complexity index is 1780. The highest BCUT2D eigenvalue weighted by Gasteiger charge is 2.36. The van der Waals surface area contributed by atoms with Gasteiger partial charge in [-0.3, -0.25) is 9.59 Å². The Labute approximate surface area is 214 Å². The molecule has 2 aromatic carbocycles. The zero-order chi connectivity index (χ0) is 27.5. The van der Waals surface area contributed by atoms with Gasteiger partial charge in [0.05, 0.1) is 41.7 Å². The third-order valence-electron chi connectivity index (χ3n) is 6.03. The lowest BCUT2D eigenvalue weighted by atomic mass is 10.0. The fourth-order valence-electron chi connectivity index (χ4n) is 4.41. The second kappa shape index (κ2) is 8.68. The molecule has 5 aromatic rings. The van der Waals surface area contributed by atoms with Crippen LogP contribution in [0.3, 0.4) is 0 Å². The standard InChI is InChI=1S/C24H13F5N8O2/c25-20(26)19-14(10-33-36(19)17-5-4-16-18-12(17)2-1-3-13(18)22(38)35-16)23(39)34-11-8-15(24(27,28)29)21(30-9-11)37-31-6-7-32-37/h1-10,20H,(H,34,39)(H,35,38). The zero-order valence-electron chi connectivity index (χ0n) is 19.2. The van der Waals surface area contributed by atoms with Crippen LogP contribution in [0.15, 0.2) is 61.2 Å². The minimum absolute atomic E-state index is 0.179. The average Bonchev–Trinajstić information content (AvgIpc) is 3.64. The molecule has 3 aromatic heterocycles. The van der Waals surface area contributed by atoms with Crippen LogP contribution in [-0.4, -0.2) is 41.6 Å². The van der Waals surface area contributed by atoms with E-state index in [0.29, 0.717) is 32.9 Å². The van der Waals surface area contributed by atoms with Crippen molar-refractivity contribution in [3.05, 3.63) is 83.6 Å². The maximum absolute atomic E-state index is 14.3. The number of aromatic nitrogens is 6. The van der Waals surface area contributed by atoms with E-state index in [1.54, 1.807) is 18.2 Å². The highest BCUT2D eigenvalue weighted by atomic mass is 19.4. The second-order valence-corrected chi connectivity index (χ2v) is 8.34. The molecule has 4 heterocycles. The minimum Gasteiger partial charge on any atom is -0.321 e. The molecule has 0 radical (unpaired) electrons. The van der Waals surface area contributed by atoms with E-state index < -0.39 is 46.8 Å². The molecule has 0 atom stereocenters. The number of carbonyl (C=O) groups is 2. The van der Waals surface area contributed by atoms with Crippen molar-refractivity contribution in [3.63, 3.8) is 0 Å². The number of hydrogen-bond donors (Lipinski definition) is 2. The van der Waals surface area contributed by atoms with Gasteiger partial charge in [0.15, 0.2) is 5.82 Å². The molecule has 0 spiro atoms. The summed E-state index contributed by atoms with van der Waals surface area (Å²) in [5.74, 6) is -2.10. The highest BCUT2D eigenvalue weighted by Crippen LogP contribution is 2.38. The first-order valence-corrected chi connectivity index (χ1v) is 11.1. The van der Waals surface area contributed by atoms with Crippen LogP contribution in [0.25, 0.3) is 22.3 Å². The van der Waals surface area contributed by atoms with Crippen LogP contribution in [0, 0.1) is 0 Å². The van der Waals surface area contributed by atoms with E-state index in [-0.39, 0.29) is 11.6 Å². The average molecular weight is 540 g/mol. The van der Waals surface area contributed by atoms with E-state index in [1.807, 2.05) is 0 Å². The summed E-state index contributed by atoms with van der Waals surface area (Å²) in [6.45, 7) is 0. The SMILES string of the molecule is O=C(Nc1cnc(-n2nccn2)c(C(F)(F)F)c1)c1cnn(-c2ccc3c4c(cccc24)C(=O)N3)c1C(F)F. The number of carbonyl (C=O) groups excluding carboxylic acids is 2. The number of rotatable bonds is 5. The first-order valence-electron chi connectivity index (χ1n) is 11.1. The molecule has 0 bridgehead atoms. The number of benzene rings is 2. The van der Waals surface area contributed by atoms with Gasteiger partial charge in [0.1, 0.15) is 11.3 Å². The van der Waals surface area contributed by atoms with E-state index in [2.05, 4.69) is 30.9 Å². The molecule has 0 fully saturated rings. The molecule has 0 aliphatic carbocycles. The minimum atomic E-state index is -4.89. The smallest absolute Gasteiger partial charge is 0.321 e. The Morgan fingerprint density at radius 2 is 1.79 bits per heavy atom. The van der Waals surface area contributed by atoms with Crippen molar-refractivity contribution in [2.75, 3.05) is 10.6 Å². The monoisotopic (exact) mass is 540 g/mol. The molecule has 1 aliphatic rings. The van der Waals surface area contributed by atoms with E-state index in [0.717, 1.165) is 29.5 Å². The quantitative estimate of drug-likeness (QED) is 0.310. The number of pyridine rings is 1. The van der Waals surface area contributed by atoms with Gasteiger partial charge in [0, 0.05) is 22.0 Å². The van der Waals surface area contributed by atoms with Crippen LogP contribution in [-0.2, 0) is 6.18 Å². The van der Waals surface area contributed by atoms with Gasteiger partial charge in [-0.2, -0.15) is 28.5 Å². The van der Waals surface area contributed by atoms with Gasteiger partial charge in [0.2, 0.25) is 0 Å². The summed E-state index contributed by atoms with van der Waals surface area (Å²) in [4.78, 5) is 29.6. The van der Waals surface area contributed by atoms with Gasteiger partial charge < -0.3 is 10.6 Å². The Morgan fingerprint density at radius 3 is 2.51 bits per heavy atom. The summed E-state index contributed by atoms with van der Waals surface area (Å²) in [7, 11) is 0. The Morgan fingerprint density at radius 1 is 1.03 bits per heavy atom. The van der Waals surface area contributed by atoms with Crippen LogP contribution in [0.1, 0.15) is 38.4 Å². The van der Waals surface area contributed by atoms with E-state index in [9.17, 15) is 31.5 Å². The zero-order valence-corrected chi connectivity index (χ0v) is 19.2. The molecule has 10 nitrogen and oxygen atoms in total. The Balaban J connectivity index is 1.39. The van der Waals surface area contributed by atoms with Gasteiger partial charge in [-0.25, -0.2) is 18.4 Å². The lowest BCUT2D eigenvalue weighted by molar-refractivity contribution is -0.137. The second-order valence-electron chi connectivity index (χ2n) is 8.34. The van der Waals surface area contributed by atoms with Crippen LogP contribution in [0.5, 0.6) is 0 Å². The number of alkyl halides is 5. The molecule has 1 aliphatic heterocycles. The van der Waals surface area contributed by atoms with Crippen LogP contribution >= 0.6 is 0 Å². The number of halogens is 5.